The fourth-order valence-corrected chi connectivity index (χ4v) is 7.89. The van der Waals surface area contributed by atoms with Crippen LogP contribution in [0.3, 0.4) is 0 Å². The number of nitrogens with one attached hydrogen (secondary N) is 1. The molecule has 1 N–H and O–H groups in total. The number of alkyl halides is 1. The lowest BCUT2D eigenvalue weighted by atomic mass is 9.66. The Hall–Kier alpha value is -0.230. The average molecular weight is 423 g/mol. The quantitative estimate of drug-likeness (QED) is 0.630. The zero-order valence-corrected chi connectivity index (χ0v) is 19.0. The molecule has 2 bridgehead atoms. The Morgan fingerprint density at radius 2 is 1.83 bits per heavy atom. The molecule has 5 rings (SSSR count). The molecule has 0 aromatic heterocycles. The van der Waals surface area contributed by atoms with Crippen molar-refractivity contribution in [2.75, 3.05) is 32.9 Å². The van der Waals surface area contributed by atoms with Gasteiger partial charge in [-0.2, -0.15) is 0 Å². The van der Waals surface area contributed by atoms with Crippen LogP contribution in [0.25, 0.3) is 0 Å². The Morgan fingerprint density at radius 3 is 2.70 bits per heavy atom. The highest BCUT2D eigenvalue weighted by Gasteiger charge is 2.53. The Kier molecular flexibility index (Phi) is 6.72. The summed E-state index contributed by atoms with van der Waals surface area (Å²) in [5.41, 5.74) is 0.0222. The van der Waals surface area contributed by atoms with Crippen LogP contribution in [-0.4, -0.2) is 67.7 Å². The average Bonchev–Trinajstić information content (AvgIpc) is 3.00. The zero-order chi connectivity index (χ0) is 20.6. The van der Waals surface area contributed by atoms with Crippen molar-refractivity contribution in [3.05, 3.63) is 0 Å². The molecule has 5 fully saturated rings. The molecule has 3 heterocycles. The van der Waals surface area contributed by atoms with Crippen molar-refractivity contribution in [3.8, 4) is 0 Å². The molecule has 0 amide bonds. The molecule has 0 aromatic carbocycles. The summed E-state index contributed by atoms with van der Waals surface area (Å²) < 4.78 is 28.6. The number of fused-ring (bicyclic) bond motifs is 6. The van der Waals surface area contributed by atoms with Gasteiger partial charge in [0.25, 0.3) is 0 Å². The van der Waals surface area contributed by atoms with Gasteiger partial charge in [-0.25, -0.2) is 4.39 Å². The van der Waals surface area contributed by atoms with Crippen molar-refractivity contribution in [1.29, 1.82) is 0 Å². The summed E-state index contributed by atoms with van der Waals surface area (Å²) in [7, 11) is 0. The van der Waals surface area contributed by atoms with Crippen molar-refractivity contribution in [1.82, 2.24) is 10.2 Å². The van der Waals surface area contributed by atoms with E-state index >= 15 is 4.39 Å². The van der Waals surface area contributed by atoms with Crippen molar-refractivity contribution in [2.45, 2.75) is 107 Å². The van der Waals surface area contributed by atoms with Crippen LogP contribution < -0.4 is 5.32 Å². The summed E-state index contributed by atoms with van der Waals surface area (Å²) in [6, 6.07) is 0.939. The molecule has 3 aliphatic heterocycles. The number of ether oxygens (including phenoxy) is 2. The second kappa shape index (κ2) is 9.33. The van der Waals surface area contributed by atoms with E-state index in [0.717, 1.165) is 71.4 Å². The topological polar surface area (TPSA) is 33.7 Å². The second-order valence-corrected chi connectivity index (χ2v) is 11.0. The first-order valence-electron chi connectivity index (χ1n) is 13.0. The van der Waals surface area contributed by atoms with Crippen LogP contribution in [0.4, 0.5) is 4.39 Å². The Balaban J connectivity index is 1.41. The summed E-state index contributed by atoms with van der Waals surface area (Å²) in [5.74, 6) is 0.861. The zero-order valence-electron chi connectivity index (χ0n) is 19.0. The van der Waals surface area contributed by atoms with Crippen LogP contribution in [0.1, 0.15) is 77.6 Å². The molecule has 0 radical (unpaired) electrons. The largest absolute Gasteiger partial charge is 0.378 e. The van der Waals surface area contributed by atoms with Gasteiger partial charge in [-0.15, -0.1) is 0 Å². The lowest BCUT2D eigenvalue weighted by Gasteiger charge is -2.46. The minimum atomic E-state index is -0.659. The molecule has 5 heteroatoms. The van der Waals surface area contributed by atoms with Crippen LogP contribution >= 0.6 is 0 Å². The number of nitrogens with zero attached hydrogens (tertiary/aromatic N) is 1. The molecule has 2 saturated carbocycles. The van der Waals surface area contributed by atoms with Crippen molar-refractivity contribution in [3.63, 3.8) is 0 Å². The van der Waals surface area contributed by atoms with Gasteiger partial charge >= 0.3 is 0 Å². The van der Waals surface area contributed by atoms with E-state index < -0.39 is 6.17 Å². The second-order valence-electron chi connectivity index (χ2n) is 11.0. The van der Waals surface area contributed by atoms with Gasteiger partial charge in [0.1, 0.15) is 6.17 Å². The van der Waals surface area contributed by atoms with Gasteiger partial charge < -0.3 is 14.8 Å². The Bertz CT molecular complexity index is 569. The molecule has 30 heavy (non-hydrogen) atoms. The molecule has 5 aliphatic rings. The molecule has 0 aromatic rings. The van der Waals surface area contributed by atoms with E-state index in [1.54, 1.807) is 0 Å². The summed E-state index contributed by atoms with van der Waals surface area (Å²) >= 11 is 0. The first kappa shape index (κ1) is 21.6. The number of halogens is 1. The molecule has 172 valence electrons. The van der Waals surface area contributed by atoms with E-state index in [1.165, 1.54) is 32.1 Å². The molecule has 7 unspecified atom stereocenters. The summed E-state index contributed by atoms with van der Waals surface area (Å²) in [6.45, 7) is 6.87. The van der Waals surface area contributed by atoms with Crippen LogP contribution in [-0.2, 0) is 9.47 Å². The maximum atomic E-state index is 16.1. The van der Waals surface area contributed by atoms with Gasteiger partial charge in [-0.1, -0.05) is 19.3 Å². The van der Waals surface area contributed by atoms with E-state index in [9.17, 15) is 0 Å². The standard InChI is InChI=1S/C25H43FN2O2/c1-18-16-25(17-29-14-11-27-25)23-15-19-7-6-9-21(24(19)26)20-8-2-3-10-22(20)30-13-5-4-12-28(18)23/h18-24,27H,2-17H2,1H3/t18-,19?,20?,21?,22?,23?,24?,25?/m1/s1. The molecule has 8 atom stereocenters. The normalized spacial score (nSPS) is 48.8. The fraction of sp³-hybridized carbons (Fsp3) is 1.00. The number of hydrogen-bond acceptors (Lipinski definition) is 4. The van der Waals surface area contributed by atoms with Gasteiger partial charge in [-0.3, -0.25) is 4.90 Å². The Morgan fingerprint density at radius 1 is 0.967 bits per heavy atom. The smallest absolute Gasteiger partial charge is 0.106 e. The number of rotatable bonds is 0. The van der Waals surface area contributed by atoms with E-state index in [-0.39, 0.29) is 17.4 Å². The van der Waals surface area contributed by atoms with E-state index in [0.29, 0.717) is 24.1 Å². The van der Waals surface area contributed by atoms with Gasteiger partial charge in [-0.05, 0) is 82.6 Å². The minimum Gasteiger partial charge on any atom is -0.378 e. The summed E-state index contributed by atoms with van der Waals surface area (Å²) in [5, 5.41) is 3.87. The van der Waals surface area contributed by atoms with Crippen molar-refractivity contribution in [2.24, 2.45) is 17.8 Å². The maximum Gasteiger partial charge on any atom is 0.106 e. The van der Waals surface area contributed by atoms with Gasteiger partial charge in [0, 0.05) is 25.2 Å². The molecule has 1 spiro atoms. The predicted octanol–water partition coefficient (Wildman–Crippen LogP) is 4.32. The summed E-state index contributed by atoms with van der Waals surface area (Å²) in [6.07, 6.45) is 12.3. The predicted molar refractivity (Wildman–Crippen MR) is 117 cm³/mol. The van der Waals surface area contributed by atoms with E-state index in [4.69, 9.17) is 9.47 Å². The third kappa shape index (κ3) is 4.09. The fourth-order valence-electron chi connectivity index (χ4n) is 7.89. The van der Waals surface area contributed by atoms with Crippen molar-refractivity contribution >= 4 is 0 Å². The highest BCUT2D eigenvalue weighted by molar-refractivity contribution is 5.11. The highest BCUT2D eigenvalue weighted by atomic mass is 19.1. The molecular formula is C25H43FN2O2. The lowest BCUT2D eigenvalue weighted by molar-refractivity contribution is -0.0656. The molecular weight excluding hydrogens is 379 g/mol. The Labute approximate surface area is 182 Å². The maximum absolute atomic E-state index is 16.1. The third-order valence-corrected chi connectivity index (χ3v) is 9.29. The number of hydrogen-bond donors (Lipinski definition) is 1. The lowest BCUT2D eigenvalue weighted by Crippen LogP contribution is -2.62. The SMILES string of the molecule is C[C@@H]1CC2(COCCN2)C2CC3CCCC(C3F)C3CCCCC3OCCCCN21. The van der Waals surface area contributed by atoms with Crippen LogP contribution in [0, 0.1) is 17.8 Å². The molecule has 4 nitrogen and oxygen atoms in total. The molecule has 2 aliphatic carbocycles. The number of morpholine rings is 1. The van der Waals surface area contributed by atoms with E-state index in [1.807, 2.05) is 0 Å². The van der Waals surface area contributed by atoms with Crippen LogP contribution in [0.5, 0.6) is 0 Å². The first-order chi connectivity index (χ1) is 14.7. The van der Waals surface area contributed by atoms with Crippen LogP contribution in [0.2, 0.25) is 0 Å². The van der Waals surface area contributed by atoms with Crippen molar-refractivity contribution < 1.29 is 13.9 Å². The third-order valence-electron chi connectivity index (χ3n) is 9.29. The van der Waals surface area contributed by atoms with Gasteiger partial charge in [0.15, 0.2) is 0 Å². The molecule has 3 saturated heterocycles. The van der Waals surface area contributed by atoms with Gasteiger partial charge in [0.05, 0.1) is 24.9 Å². The monoisotopic (exact) mass is 422 g/mol. The van der Waals surface area contributed by atoms with E-state index in [2.05, 4.69) is 17.1 Å². The minimum absolute atomic E-state index is 0.0222. The van der Waals surface area contributed by atoms with Gasteiger partial charge in [0.2, 0.25) is 0 Å². The van der Waals surface area contributed by atoms with Crippen LogP contribution in [0.15, 0.2) is 0 Å². The summed E-state index contributed by atoms with van der Waals surface area (Å²) in [4.78, 5) is 2.71. The first-order valence-corrected chi connectivity index (χ1v) is 13.0. The highest BCUT2D eigenvalue weighted by Crippen LogP contribution is 2.47.